The second-order valence-corrected chi connectivity index (χ2v) is 6.22. The van der Waals surface area contributed by atoms with Gasteiger partial charge in [-0.2, -0.15) is 11.8 Å². The van der Waals surface area contributed by atoms with Gasteiger partial charge in [0.15, 0.2) is 0 Å². The number of carboxylic acids is 1. The van der Waals surface area contributed by atoms with Crippen molar-refractivity contribution < 1.29 is 9.90 Å². The van der Waals surface area contributed by atoms with Crippen molar-refractivity contribution in [1.29, 1.82) is 0 Å². The van der Waals surface area contributed by atoms with Crippen molar-refractivity contribution in [2.75, 3.05) is 16.8 Å². The van der Waals surface area contributed by atoms with Crippen molar-refractivity contribution >= 4 is 33.7 Å². The fourth-order valence-corrected chi connectivity index (χ4v) is 2.82. The molecule has 0 radical (unpaired) electrons. The van der Waals surface area contributed by atoms with E-state index in [0.717, 1.165) is 11.1 Å². The Labute approximate surface area is 118 Å². The molecule has 4 heteroatoms. The van der Waals surface area contributed by atoms with Crippen LogP contribution in [0.4, 0.5) is 0 Å². The summed E-state index contributed by atoms with van der Waals surface area (Å²) in [7, 11) is 0. The molecule has 0 spiro atoms. The van der Waals surface area contributed by atoms with Crippen molar-refractivity contribution in [3.05, 3.63) is 0 Å². The molecule has 0 heterocycles. The zero-order chi connectivity index (χ0) is 12.8. The molecule has 0 saturated heterocycles. The topological polar surface area (TPSA) is 37.3 Å². The largest absolute Gasteiger partial charge is 0.481 e. The van der Waals surface area contributed by atoms with Gasteiger partial charge in [-0.15, -0.1) is 0 Å². The number of thioether (sulfide) groups is 1. The Morgan fingerprint density at radius 2 is 1.35 bits per heavy atom. The molecule has 102 valence electrons. The van der Waals surface area contributed by atoms with Gasteiger partial charge in [-0.1, -0.05) is 60.9 Å². The Kier molecular flexibility index (Phi) is 14.6. The zero-order valence-corrected chi connectivity index (χ0v) is 13.0. The zero-order valence-electron chi connectivity index (χ0n) is 10.6. The molecule has 0 amide bonds. The Hall–Kier alpha value is 0.300. The summed E-state index contributed by atoms with van der Waals surface area (Å²) in [6.07, 6.45) is 11.9. The van der Waals surface area contributed by atoms with E-state index in [2.05, 4.69) is 15.9 Å². The third-order valence-corrected chi connectivity index (χ3v) is 4.24. The van der Waals surface area contributed by atoms with Crippen LogP contribution in [0, 0.1) is 0 Å². The summed E-state index contributed by atoms with van der Waals surface area (Å²) in [6.45, 7) is 0. The summed E-state index contributed by atoms with van der Waals surface area (Å²) in [6, 6.07) is 0. The molecular formula is C13H25BrO2S. The lowest BCUT2D eigenvalue weighted by Gasteiger charge is -2.01. The SMILES string of the molecule is O=C(O)CSCCCCCCCCCCCBr. The molecule has 0 aliphatic rings. The molecule has 0 bridgehead atoms. The van der Waals surface area contributed by atoms with Gasteiger partial charge in [-0.3, -0.25) is 4.79 Å². The van der Waals surface area contributed by atoms with E-state index in [1.807, 2.05) is 0 Å². The van der Waals surface area contributed by atoms with E-state index in [1.165, 1.54) is 69.5 Å². The first kappa shape index (κ1) is 17.3. The highest BCUT2D eigenvalue weighted by atomic mass is 79.9. The predicted octanol–water partition coefficient (Wildman–Crippen LogP) is 4.71. The summed E-state index contributed by atoms with van der Waals surface area (Å²) in [5.74, 6) is 0.559. The monoisotopic (exact) mass is 324 g/mol. The van der Waals surface area contributed by atoms with Crippen LogP contribution in [0.5, 0.6) is 0 Å². The molecule has 0 aliphatic carbocycles. The van der Waals surface area contributed by atoms with Crippen LogP contribution in [0.15, 0.2) is 0 Å². The molecule has 17 heavy (non-hydrogen) atoms. The van der Waals surface area contributed by atoms with Crippen molar-refractivity contribution in [1.82, 2.24) is 0 Å². The molecule has 0 unspecified atom stereocenters. The van der Waals surface area contributed by atoms with E-state index < -0.39 is 5.97 Å². The van der Waals surface area contributed by atoms with Crippen LogP contribution < -0.4 is 0 Å². The molecule has 0 atom stereocenters. The minimum atomic E-state index is -0.696. The molecule has 1 N–H and O–H groups in total. The predicted molar refractivity (Wildman–Crippen MR) is 80.3 cm³/mol. The smallest absolute Gasteiger partial charge is 0.313 e. The number of halogens is 1. The lowest BCUT2D eigenvalue weighted by atomic mass is 10.1. The van der Waals surface area contributed by atoms with Gasteiger partial charge in [0.25, 0.3) is 0 Å². The van der Waals surface area contributed by atoms with Gasteiger partial charge in [0.2, 0.25) is 0 Å². The second kappa shape index (κ2) is 14.4. The molecular weight excluding hydrogens is 300 g/mol. The maximum atomic E-state index is 10.3. The van der Waals surface area contributed by atoms with Crippen LogP contribution in [0.3, 0.4) is 0 Å². The first-order valence-corrected chi connectivity index (χ1v) is 8.90. The van der Waals surface area contributed by atoms with Crippen LogP contribution in [0.1, 0.15) is 57.8 Å². The minimum Gasteiger partial charge on any atom is -0.481 e. The first-order valence-electron chi connectivity index (χ1n) is 6.63. The number of hydrogen-bond donors (Lipinski definition) is 1. The van der Waals surface area contributed by atoms with Crippen molar-refractivity contribution in [2.24, 2.45) is 0 Å². The number of aliphatic carboxylic acids is 1. The molecule has 2 nitrogen and oxygen atoms in total. The number of unbranched alkanes of at least 4 members (excludes halogenated alkanes) is 8. The van der Waals surface area contributed by atoms with Gasteiger partial charge in [-0.25, -0.2) is 0 Å². The molecule has 0 fully saturated rings. The highest BCUT2D eigenvalue weighted by Gasteiger charge is 1.96. The molecule has 0 aliphatic heterocycles. The standard InChI is InChI=1S/C13H25BrO2S/c14-10-8-6-4-2-1-3-5-7-9-11-17-12-13(15)16/h1-12H2,(H,15,16). The number of carboxylic acid groups (broad SMARTS) is 1. The number of hydrogen-bond acceptors (Lipinski definition) is 2. The highest BCUT2D eigenvalue weighted by Crippen LogP contribution is 2.12. The van der Waals surface area contributed by atoms with E-state index >= 15 is 0 Å². The van der Waals surface area contributed by atoms with Crippen LogP contribution in [0.2, 0.25) is 0 Å². The Balaban J connectivity index is 2.91. The quantitative estimate of drug-likeness (QED) is 0.393. The maximum Gasteiger partial charge on any atom is 0.313 e. The van der Waals surface area contributed by atoms with Crippen LogP contribution >= 0.6 is 27.7 Å². The van der Waals surface area contributed by atoms with Gasteiger partial charge in [-0.05, 0) is 18.6 Å². The molecule has 0 aromatic carbocycles. The summed E-state index contributed by atoms with van der Waals surface area (Å²) in [4.78, 5) is 10.3. The van der Waals surface area contributed by atoms with Gasteiger partial charge in [0.1, 0.15) is 0 Å². The van der Waals surface area contributed by atoms with Gasteiger partial charge in [0, 0.05) is 5.33 Å². The van der Waals surface area contributed by atoms with E-state index in [1.54, 1.807) is 0 Å². The molecule has 0 saturated carbocycles. The van der Waals surface area contributed by atoms with Gasteiger partial charge < -0.3 is 5.11 Å². The Bertz CT molecular complexity index is 177. The van der Waals surface area contributed by atoms with Crippen LogP contribution in [0.25, 0.3) is 0 Å². The van der Waals surface area contributed by atoms with Gasteiger partial charge >= 0.3 is 5.97 Å². The number of alkyl halides is 1. The second-order valence-electron chi connectivity index (χ2n) is 4.32. The summed E-state index contributed by atoms with van der Waals surface area (Å²) in [5.41, 5.74) is 0. The van der Waals surface area contributed by atoms with Crippen LogP contribution in [-0.2, 0) is 4.79 Å². The lowest BCUT2D eigenvalue weighted by Crippen LogP contribution is -1.98. The molecule has 0 aromatic heterocycles. The van der Waals surface area contributed by atoms with E-state index in [4.69, 9.17) is 5.11 Å². The normalized spacial score (nSPS) is 10.6. The highest BCUT2D eigenvalue weighted by molar-refractivity contribution is 9.09. The maximum absolute atomic E-state index is 10.3. The lowest BCUT2D eigenvalue weighted by molar-refractivity contribution is -0.133. The molecule has 0 aromatic rings. The summed E-state index contributed by atoms with van der Waals surface area (Å²) >= 11 is 4.98. The first-order chi connectivity index (χ1) is 8.27. The van der Waals surface area contributed by atoms with E-state index in [0.29, 0.717) is 0 Å². The van der Waals surface area contributed by atoms with Crippen LogP contribution in [-0.4, -0.2) is 27.9 Å². The van der Waals surface area contributed by atoms with Crippen molar-refractivity contribution in [3.63, 3.8) is 0 Å². The third-order valence-electron chi connectivity index (χ3n) is 2.65. The van der Waals surface area contributed by atoms with E-state index in [-0.39, 0.29) is 5.75 Å². The third kappa shape index (κ3) is 16.3. The summed E-state index contributed by atoms with van der Waals surface area (Å²) < 4.78 is 0. The average Bonchev–Trinajstić information content (AvgIpc) is 2.30. The molecule has 0 rings (SSSR count). The Morgan fingerprint density at radius 1 is 0.882 bits per heavy atom. The minimum absolute atomic E-state index is 0.258. The number of rotatable bonds is 13. The van der Waals surface area contributed by atoms with Gasteiger partial charge in [0.05, 0.1) is 5.75 Å². The van der Waals surface area contributed by atoms with Crippen molar-refractivity contribution in [3.8, 4) is 0 Å². The Morgan fingerprint density at radius 3 is 1.82 bits per heavy atom. The fraction of sp³-hybridized carbons (Fsp3) is 0.923. The average molecular weight is 325 g/mol. The number of carbonyl (C=O) groups is 1. The summed E-state index contributed by atoms with van der Waals surface area (Å²) in [5, 5.41) is 9.59. The van der Waals surface area contributed by atoms with E-state index in [9.17, 15) is 4.79 Å². The van der Waals surface area contributed by atoms with Crippen molar-refractivity contribution in [2.45, 2.75) is 57.8 Å². The fourth-order valence-electron chi connectivity index (χ4n) is 1.70.